The van der Waals surface area contributed by atoms with Crippen LogP contribution in [-0.4, -0.2) is 35.0 Å². The van der Waals surface area contributed by atoms with Crippen LogP contribution in [-0.2, 0) is 14.3 Å². The molecular formula is C32H38N2O4. The summed E-state index contributed by atoms with van der Waals surface area (Å²) in [5, 5.41) is 2.94. The van der Waals surface area contributed by atoms with E-state index in [9.17, 15) is 9.59 Å². The summed E-state index contributed by atoms with van der Waals surface area (Å²) in [6, 6.07) is 25.0. The van der Waals surface area contributed by atoms with Gasteiger partial charge in [0.25, 0.3) is 0 Å². The van der Waals surface area contributed by atoms with Crippen molar-refractivity contribution in [2.45, 2.75) is 71.8 Å². The van der Waals surface area contributed by atoms with E-state index in [4.69, 9.17) is 14.5 Å². The Kier molecular flexibility index (Phi) is 9.10. The van der Waals surface area contributed by atoms with E-state index in [2.05, 4.69) is 5.32 Å². The molecule has 0 unspecified atom stereocenters. The lowest BCUT2D eigenvalue weighted by molar-refractivity contribution is -0.157. The minimum atomic E-state index is -1.10. The van der Waals surface area contributed by atoms with Crippen molar-refractivity contribution < 1.29 is 19.1 Å². The Bertz CT molecular complexity index is 1210. The van der Waals surface area contributed by atoms with Crippen molar-refractivity contribution in [1.29, 1.82) is 0 Å². The highest BCUT2D eigenvalue weighted by atomic mass is 16.6. The monoisotopic (exact) mass is 514 g/mol. The topological polar surface area (TPSA) is 77.0 Å². The molecule has 0 heterocycles. The van der Waals surface area contributed by atoms with Gasteiger partial charge in [-0.1, -0.05) is 84.9 Å². The first-order valence-electron chi connectivity index (χ1n) is 12.8. The van der Waals surface area contributed by atoms with Gasteiger partial charge in [0.15, 0.2) is 6.04 Å². The maximum absolute atomic E-state index is 13.8. The minimum absolute atomic E-state index is 0.550. The zero-order valence-electron chi connectivity index (χ0n) is 23.3. The summed E-state index contributed by atoms with van der Waals surface area (Å²) >= 11 is 0. The molecule has 0 saturated carbocycles. The van der Waals surface area contributed by atoms with Gasteiger partial charge in [0.05, 0.1) is 11.8 Å². The van der Waals surface area contributed by atoms with Crippen molar-refractivity contribution in [3.05, 3.63) is 107 Å². The second kappa shape index (κ2) is 12.1. The Morgan fingerprint density at radius 1 is 0.711 bits per heavy atom. The van der Waals surface area contributed by atoms with Gasteiger partial charge in [-0.3, -0.25) is 4.99 Å². The summed E-state index contributed by atoms with van der Waals surface area (Å²) < 4.78 is 11.4. The van der Waals surface area contributed by atoms with Crippen LogP contribution in [0.4, 0.5) is 4.79 Å². The van der Waals surface area contributed by atoms with Crippen LogP contribution in [0.25, 0.3) is 0 Å². The lowest BCUT2D eigenvalue weighted by Gasteiger charge is -2.30. The molecule has 1 N–H and O–H groups in total. The molecule has 0 spiro atoms. The third-order valence-corrected chi connectivity index (χ3v) is 5.52. The molecule has 200 valence electrons. The lowest BCUT2D eigenvalue weighted by atomic mass is 9.94. The van der Waals surface area contributed by atoms with Gasteiger partial charge < -0.3 is 14.8 Å². The summed E-state index contributed by atoms with van der Waals surface area (Å²) in [7, 11) is 0. The number of hydrogen-bond donors (Lipinski definition) is 1. The Morgan fingerprint density at radius 3 is 1.66 bits per heavy atom. The number of ether oxygens (including phenoxy) is 2. The molecule has 6 nitrogen and oxygen atoms in total. The molecule has 0 radical (unpaired) electrons. The maximum atomic E-state index is 13.8. The van der Waals surface area contributed by atoms with Crippen molar-refractivity contribution in [3.63, 3.8) is 0 Å². The van der Waals surface area contributed by atoms with E-state index in [1.54, 1.807) is 20.8 Å². The Hall–Kier alpha value is -3.93. The highest BCUT2D eigenvalue weighted by Crippen LogP contribution is 2.27. The molecule has 1 amide bonds. The molecule has 0 bridgehead atoms. The van der Waals surface area contributed by atoms with Crippen molar-refractivity contribution in [2.24, 2.45) is 4.99 Å². The average molecular weight is 515 g/mol. The number of hydrogen-bond acceptors (Lipinski definition) is 5. The van der Waals surface area contributed by atoms with Crippen LogP contribution in [0.5, 0.6) is 0 Å². The van der Waals surface area contributed by atoms with Crippen LogP contribution in [0.3, 0.4) is 0 Å². The summed E-state index contributed by atoms with van der Waals surface area (Å²) in [5.41, 5.74) is 2.47. The average Bonchev–Trinajstić information content (AvgIpc) is 2.83. The Labute approximate surface area is 226 Å². The standard InChI is InChI=1S/C32H38N2O4/c1-22-16-14-15-21-25(22)27(34-30(36)38-32(5,6)7)28(29(35)37-31(2,3)4)33-26(23-17-10-8-11-18-23)24-19-12-9-13-20-24/h8-21,27-28H,1-7H3,(H,34,36)/t27-,28+/m1/s1. The normalized spacial score (nSPS) is 13.1. The minimum Gasteiger partial charge on any atom is -0.458 e. The van der Waals surface area contributed by atoms with Crippen molar-refractivity contribution in [2.75, 3.05) is 0 Å². The largest absolute Gasteiger partial charge is 0.458 e. The third kappa shape index (κ3) is 8.30. The summed E-state index contributed by atoms with van der Waals surface area (Å²) in [6.45, 7) is 12.7. The SMILES string of the molecule is Cc1ccccc1[C@@H](NC(=O)OC(C)(C)C)[C@H](N=C(c1ccccc1)c1ccccc1)C(=O)OC(C)(C)C. The fraction of sp³-hybridized carbons (Fsp3) is 0.344. The van der Waals surface area contributed by atoms with E-state index in [-0.39, 0.29) is 0 Å². The van der Waals surface area contributed by atoms with Crippen LogP contribution >= 0.6 is 0 Å². The van der Waals surface area contributed by atoms with E-state index in [1.165, 1.54) is 0 Å². The quantitative estimate of drug-likeness (QED) is 0.278. The van der Waals surface area contributed by atoms with Gasteiger partial charge in [-0.15, -0.1) is 0 Å². The smallest absolute Gasteiger partial charge is 0.408 e. The number of aryl methyl sites for hydroxylation is 1. The van der Waals surface area contributed by atoms with E-state index < -0.39 is 35.3 Å². The zero-order valence-corrected chi connectivity index (χ0v) is 23.3. The number of carbonyl (C=O) groups is 2. The number of rotatable bonds is 7. The van der Waals surface area contributed by atoms with Crippen LogP contribution in [0.15, 0.2) is 89.9 Å². The second-order valence-electron chi connectivity index (χ2n) is 11.2. The molecule has 0 saturated heterocycles. The predicted molar refractivity (Wildman–Crippen MR) is 151 cm³/mol. The number of nitrogens with zero attached hydrogens (tertiary/aromatic N) is 1. The number of esters is 1. The first-order chi connectivity index (χ1) is 17.8. The van der Waals surface area contributed by atoms with Gasteiger partial charge in [-0.05, 0) is 59.6 Å². The molecule has 0 aliphatic heterocycles. The highest BCUT2D eigenvalue weighted by molar-refractivity contribution is 6.13. The molecule has 3 aromatic rings. The number of amides is 1. The molecule has 2 atom stereocenters. The first-order valence-corrected chi connectivity index (χ1v) is 12.8. The number of benzene rings is 3. The maximum Gasteiger partial charge on any atom is 0.408 e. The van der Waals surface area contributed by atoms with E-state index in [0.29, 0.717) is 5.71 Å². The van der Waals surface area contributed by atoms with Gasteiger partial charge in [0, 0.05) is 11.1 Å². The lowest BCUT2D eigenvalue weighted by Crippen LogP contribution is -2.44. The zero-order chi connectivity index (χ0) is 27.9. The molecule has 38 heavy (non-hydrogen) atoms. The molecule has 0 aromatic heterocycles. The van der Waals surface area contributed by atoms with E-state index in [1.807, 2.05) is 113 Å². The van der Waals surface area contributed by atoms with Crippen molar-refractivity contribution >= 4 is 17.8 Å². The van der Waals surface area contributed by atoms with Crippen LogP contribution in [0, 0.1) is 6.92 Å². The third-order valence-electron chi connectivity index (χ3n) is 5.52. The van der Waals surface area contributed by atoms with Gasteiger partial charge in [0.1, 0.15) is 11.2 Å². The first kappa shape index (κ1) is 28.6. The molecule has 0 aliphatic rings. The van der Waals surface area contributed by atoms with Gasteiger partial charge in [0.2, 0.25) is 0 Å². The molecule has 3 aromatic carbocycles. The summed E-state index contributed by atoms with van der Waals surface area (Å²) in [5.74, 6) is -0.550. The fourth-order valence-corrected chi connectivity index (χ4v) is 3.97. The Balaban J connectivity index is 2.24. The number of alkyl carbamates (subject to hydrolysis) is 1. The molecule has 3 rings (SSSR count). The second-order valence-corrected chi connectivity index (χ2v) is 11.2. The predicted octanol–water partition coefficient (Wildman–Crippen LogP) is 6.81. The van der Waals surface area contributed by atoms with Gasteiger partial charge >= 0.3 is 12.1 Å². The van der Waals surface area contributed by atoms with E-state index in [0.717, 1.165) is 22.3 Å². The Morgan fingerprint density at radius 2 is 1.18 bits per heavy atom. The highest BCUT2D eigenvalue weighted by Gasteiger charge is 2.36. The fourth-order valence-electron chi connectivity index (χ4n) is 3.97. The number of carbonyl (C=O) groups excluding carboxylic acids is 2. The summed E-state index contributed by atoms with van der Waals surface area (Å²) in [4.78, 5) is 31.9. The number of nitrogens with one attached hydrogen (secondary N) is 1. The van der Waals surface area contributed by atoms with Crippen LogP contribution < -0.4 is 5.32 Å². The van der Waals surface area contributed by atoms with Crippen LogP contribution in [0.2, 0.25) is 0 Å². The number of aliphatic imine (C=N–C) groups is 1. The van der Waals surface area contributed by atoms with Gasteiger partial charge in [-0.2, -0.15) is 0 Å². The van der Waals surface area contributed by atoms with E-state index >= 15 is 0 Å². The molecule has 0 fully saturated rings. The van der Waals surface area contributed by atoms with Crippen LogP contribution in [0.1, 0.15) is 69.8 Å². The van der Waals surface area contributed by atoms with Gasteiger partial charge in [-0.25, -0.2) is 9.59 Å². The van der Waals surface area contributed by atoms with Crippen molar-refractivity contribution in [3.8, 4) is 0 Å². The molecular weight excluding hydrogens is 476 g/mol. The molecule has 6 heteroatoms. The summed E-state index contributed by atoms with van der Waals surface area (Å²) in [6.07, 6.45) is -0.643. The van der Waals surface area contributed by atoms with Crippen molar-refractivity contribution in [1.82, 2.24) is 5.32 Å². The molecule has 0 aliphatic carbocycles.